The molecule has 2 fully saturated rings. The van der Waals surface area contributed by atoms with Crippen LogP contribution < -0.4 is 10.1 Å². The fourth-order valence-electron chi connectivity index (χ4n) is 3.85. The van der Waals surface area contributed by atoms with Gasteiger partial charge < -0.3 is 9.47 Å². The first kappa shape index (κ1) is 19.2. The van der Waals surface area contributed by atoms with Crippen LogP contribution in [0.25, 0.3) is 0 Å². The Morgan fingerprint density at radius 2 is 2.04 bits per heavy atom. The molecule has 0 radical (unpaired) electrons. The Kier molecular flexibility index (Phi) is 6.24. The maximum absolute atomic E-state index is 11.7. The Morgan fingerprint density at radius 3 is 2.65 bits per heavy atom. The lowest BCUT2D eigenvalue weighted by Crippen LogP contribution is -2.36. The molecule has 142 valence electrons. The summed E-state index contributed by atoms with van der Waals surface area (Å²) in [6, 6.07) is 7.86. The molecule has 1 N–H and O–H groups in total. The van der Waals surface area contributed by atoms with Crippen LogP contribution in [-0.2, 0) is 16.0 Å². The molecule has 1 aromatic carbocycles. The van der Waals surface area contributed by atoms with Crippen molar-refractivity contribution in [1.29, 1.82) is 0 Å². The van der Waals surface area contributed by atoms with E-state index in [1.807, 2.05) is 24.3 Å². The minimum atomic E-state index is -0.328. The third kappa shape index (κ3) is 4.60. The van der Waals surface area contributed by atoms with Gasteiger partial charge in [0.2, 0.25) is 5.91 Å². The maximum Gasteiger partial charge on any atom is 0.286 e. The summed E-state index contributed by atoms with van der Waals surface area (Å²) in [4.78, 5) is 22.9. The van der Waals surface area contributed by atoms with Gasteiger partial charge in [0.1, 0.15) is 5.75 Å². The van der Waals surface area contributed by atoms with Crippen molar-refractivity contribution in [1.82, 2.24) is 5.32 Å². The Hall–Kier alpha value is -1.53. The lowest BCUT2D eigenvalue weighted by molar-refractivity contribution is -0.118. The maximum atomic E-state index is 11.7. The first-order valence-electron chi connectivity index (χ1n) is 9.29. The highest BCUT2D eigenvalue weighted by atomic mass is 32.2. The molecule has 1 heterocycles. The van der Waals surface area contributed by atoms with Gasteiger partial charge in [-0.3, -0.25) is 14.9 Å². The van der Waals surface area contributed by atoms with Crippen LogP contribution in [0, 0.1) is 5.41 Å². The summed E-state index contributed by atoms with van der Waals surface area (Å²) >= 11 is 1.06. The van der Waals surface area contributed by atoms with Gasteiger partial charge in [-0.25, -0.2) is 0 Å². The van der Waals surface area contributed by atoms with Crippen molar-refractivity contribution in [2.24, 2.45) is 5.41 Å². The zero-order valence-electron chi connectivity index (χ0n) is 15.5. The van der Waals surface area contributed by atoms with Crippen molar-refractivity contribution in [3.05, 3.63) is 29.8 Å². The lowest BCUT2D eigenvalue weighted by Gasteiger charge is -2.39. The smallest absolute Gasteiger partial charge is 0.286 e. The monoisotopic (exact) mass is 377 g/mol. The highest BCUT2D eigenvalue weighted by Gasteiger charge is 2.36. The predicted octanol–water partition coefficient (Wildman–Crippen LogP) is 3.94. The van der Waals surface area contributed by atoms with Gasteiger partial charge in [-0.15, -0.1) is 0 Å². The number of hydrogen-bond acceptors (Lipinski definition) is 5. The molecule has 0 bridgehead atoms. The van der Waals surface area contributed by atoms with E-state index in [0.717, 1.165) is 42.3 Å². The van der Waals surface area contributed by atoms with Crippen molar-refractivity contribution < 1.29 is 19.1 Å². The SMILES string of the molecule is CCC1(COc2ccc(CC3SC(=O)NC3=O)cc2)CCCC(OC)C1. The number of carbonyl (C=O) groups excluding carboxylic acids is 2. The van der Waals surface area contributed by atoms with E-state index in [-0.39, 0.29) is 21.8 Å². The molecule has 2 aliphatic rings. The van der Waals surface area contributed by atoms with E-state index in [0.29, 0.717) is 19.1 Å². The number of amides is 2. The first-order valence-corrected chi connectivity index (χ1v) is 10.2. The number of thioether (sulfide) groups is 1. The van der Waals surface area contributed by atoms with Crippen LogP contribution in [-0.4, -0.2) is 36.2 Å². The molecule has 3 unspecified atom stereocenters. The average molecular weight is 378 g/mol. The minimum Gasteiger partial charge on any atom is -0.493 e. The summed E-state index contributed by atoms with van der Waals surface area (Å²) in [5, 5.41) is 1.74. The highest BCUT2D eigenvalue weighted by molar-refractivity contribution is 8.15. The normalized spacial score (nSPS) is 28.8. The summed E-state index contributed by atoms with van der Waals surface area (Å²) in [6.07, 6.45) is 6.55. The Labute approximate surface area is 159 Å². The van der Waals surface area contributed by atoms with Crippen LogP contribution in [0.4, 0.5) is 4.79 Å². The molecule has 2 amide bonds. The van der Waals surface area contributed by atoms with Crippen LogP contribution in [0.15, 0.2) is 24.3 Å². The van der Waals surface area contributed by atoms with E-state index in [9.17, 15) is 9.59 Å². The largest absolute Gasteiger partial charge is 0.493 e. The van der Waals surface area contributed by atoms with Gasteiger partial charge in [0.25, 0.3) is 5.24 Å². The van der Waals surface area contributed by atoms with E-state index in [1.54, 1.807) is 7.11 Å². The van der Waals surface area contributed by atoms with E-state index < -0.39 is 0 Å². The van der Waals surface area contributed by atoms with Crippen molar-refractivity contribution in [3.63, 3.8) is 0 Å². The molecule has 0 aromatic heterocycles. The van der Waals surface area contributed by atoms with Crippen LogP contribution in [0.3, 0.4) is 0 Å². The highest BCUT2D eigenvalue weighted by Crippen LogP contribution is 2.40. The van der Waals surface area contributed by atoms with Crippen molar-refractivity contribution >= 4 is 22.9 Å². The molecule has 1 saturated heterocycles. The van der Waals surface area contributed by atoms with Crippen molar-refractivity contribution in [2.75, 3.05) is 13.7 Å². The number of rotatable bonds is 7. The molecule has 1 aliphatic heterocycles. The molecular formula is C20H27NO4S. The zero-order chi connectivity index (χ0) is 18.6. The molecule has 5 nitrogen and oxygen atoms in total. The minimum absolute atomic E-state index is 0.191. The molecular weight excluding hydrogens is 350 g/mol. The van der Waals surface area contributed by atoms with Gasteiger partial charge >= 0.3 is 0 Å². The molecule has 3 atom stereocenters. The third-order valence-electron chi connectivity index (χ3n) is 5.63. The number of methoxy groups -OCH3 is 1. The molecule has 1 aliphatic carbocycles. The summed E-state index contributed by atoms with van der Waals surface area (Å²) in [5.74, 6) is 0.649. The molecule has 1 aromatic rings. The standard InChI is InChI=1S/C20H27NO4S/c1-3-20(10-4-5-16(12-20)24-2)13-25-15-8-6-14(7-9-15)11-17-18(22)21-19(23)26-17/h6-9,16-17H,3-5,10-13H2,1-2H3,(H,21,22,23). The summed E-state index contributed by atoms with van der Waals surface area (Å²) in [6.45, 7) is 2.94. The second kappa shape index (κ2) is 8.44. The second-order valence-corrected chi connectivity index (χ2v) is 8.50. The Balaban J connectivity index is 1.55. The Morgan fingerprint density at radius 1 is 1.27 bits per heavy atom. The lowest BCUT2D eigenvalue weighted by atomic mass is 9.71. The van der Waals surface area contributed by atoms with E-state index in [2.05, 4.69) is 12.2 Å². The third-order valence-corrected chi connectivity index (χ3v) is 6.62. The summed E-state index contributed by atoms with van der Waals surface area (Å²) in [5.41, 5.74) is 1.22. The quantitative estimate of drug-likeness (QED) is 0.780. The average Bonchev–Trinajstić information content (AvgIpc) is 2.98. The fraction of sp³-hybridized carbons (Fsp3) is 0.600. The first-order chi connectivity index (χ1) is 12.5. The van der Waals surface area contributed by atoms with Gasteiger partial charge in [-0.2, -0.15) is 0 Å². The van der Waals surface area contributed by atoms with Gasteiger partial charge in [0.15, 0.2) is 0 Å². The number of carbonyl (C=O) groups is 2. The number of hydrogen-bond donors (Lipinski definition) is 1. The van der Waals surface area contributed by atoms with Crippen LogP contribution in [0.1, 0.15) is 44.6 Å². The van der Waals surface area contributed by atoms with Gasteiger partial charge in [0.05, 0.1) is 18.0 Å². The summed E-state index contributed by atoms with van der Waals surface area (Å²) < 4.78 is 11.7. The Bertz CT molecular complexity index is 648. The van der Waals surface area contributed by atoms with Gasteiger partial charge in [-0.1, -0.05) is 37.2 Å². The van der Waals surface area contributed by atoms with Crippen molar-refractivity contribution in [2.45, 2.75) is 56.8 Å². The van der Waals surface area contributed by atoms with Crippen LogP contribution in [0.2, 0.25) is 0 Å². The second-order valence-electron chi connectivity index (χ2n) is 7.33. The predicted molar refractivity (Wildman–Crippen MR) is 103 cm³/mol. The molecule has 3 rings (SSSR count). The molecule has 26 heavy (non-hydrogen) atoms. The van der Waals surface area contributed by atoms with Crippen LogP contribution in [0.5, 0.6) is 5.75 Å². The van der Waals surface area contributed by atoms with E-state index in [4.69, 9.17) is 9.47 Å². The van der Waals surface area contributed by atoms with Gasteiger partial charge in [-0.05, 0) is 49.8 Å². The fourth-order valence-corrected chi connectivity index (χ4v) is 4.71. The molecule has 1 saturated carbocycles. The van der Waals surface area contributed by atoms with Gasteiger partial charge in [0, 0.05) is 12.5 Å². The number of nitrogens with one attached hydrogen (secondary N) is 1. The zero-order valence-corrected chi connectivity index (χ0v) is 16.3. The number of benzene rings is 1. The summed E-state index contributed by atoms with van der Waals surface area (Å²) in [7, 11) is 1.80. The molecule has 6 heteroatoms. The van der Waals surface area contributed by atoms with Crippen molar-refractivity contribution in [3.8, 4) is 5.75 Å². The topological polar surface area (TPSA) is 64.6 Å². The van der Waals surface area contributed by atoms with E-state index >= 15 is 0 Å². The number of ether oxygens (including phenoxy) is 2. The molecule has 0 spiro atoms. The van der Waals surface area contributed by atoms with Crippen LogP contribution >= 0.6 is 11.8 Å². The van der Waals surface area contributed by atoms with E-state index in [1.165, 1.54) is 12.8 Å². The number of imide groups is 1.